The number of unbranched alkanes of at least 4 members (excludes halogenated alkanes) is 1. The molecule has 9 rings (SSSR count). The van der Waals surface area contributed by atoms with Gasteiger partial charge in [0, 0.05) is 47.9 Å². The number of likely N-dealkylation sites (N-methyl/N-ethyl adjacent to an activating group) is 1. The fraction of sp³-hybridized carbons (Fsp3) is 0.325. The Bertz CT molecular complexity index is 4280. The number of halogens is 1. The highest BCUT2D eigenvalue weighted by molar-refractivity contribution is 6.30. The van der Waals surface area contributed by atoms with Gasteiger partial charge >= 0.3 is 18.4 Å². The van der Waals surface area contributed by atoms with Crippen LogP contribution in [0.5, 0.6) is 11.5 Å². The molecule has 1 aliphatic rings. The lowest BCUT2D eigenvalue weighted by Gasteiger charge is -2.37. The maximum Gasteiger partial charge on any atom is 0.514 e. The lowest BCUT2D eigenvalue weighted by molar-refractivity contribution is -0.141. The summed E-state index contributed by atoms with van der Waals surface area (Å²) >= 11 is 6.16. The third-order valence-corrected chi connectivity index (χ3v) is 16.9. The van der Waals surface area contributed by atoms with Crippen molar-refractivity contribution in [1.29, 1.82) is 0 Å². The zero-order valence-corrected chi connectivity index (χ0v) is 60.5. The minimum atomic E-state index is -1.68. The molecule has 0 aliphatic carbocycles. The van der Waals surface area contributed by atoms with Crippen molar-refractivity contribution in [2.45, 2.75) is 154 Å². The van der Waals surface area contributed by atoms with E-state index in [9.17, 15) is 28.8 Å². The molecule has 22 nitrogen and oxygen atoms in total. The van der Waals surface area contributed by atoms with E-state index in [1.807, 2.05) is 108 Å². The molecule has 0 saturated carbocycles. The Morgan fingerprint density at radius 3 is 1.67 bits per heavy atom. The maximum atomic E-state index is 15.5. The van der Waals surface area contributed by atoms with Crippen LogP contribution in [0.4, 0.5) is 14.4 Å². The molecule has 0 saturated heterocycles. The standard InChI is InChI=1S/C80H87ClN8O14/c1-49(68(90)64-47-89(48-83-64)80(56-24-16-13-17-25-56,57-26-18-14-19-27-57)58-28-20-15-21-29-58)84-71(93)63-45-51-31-41-65(99-75(97)102-78(6,7)8)60(44-51)61-46-55(38-42-66(61)100-76(98)103-79(9,10)11)67(72(94)85-50(2)69(91)87-63)88(12)73(95)62(30-22-23-43-82-74(96)101-77(3,4)5)86-70(92)54-34-32-52(33-35-54)53-36-39-59(81)40-37-53/h13-21,24-29,31-42,44,46-50,62-63,67H,22-23,30,43,45H2,1-12H3,(H,82,96)(H,84,93)(H,85,94)(H,86,92)(H,87,91)/t49-,50-,62-,63-,67-/m0/s1. The zero-order chi connectivity index (χ0) is 74.6. The van der Waals surface area contributed by atoms with Gasteiger partial charge in [-0.25, -0.2) is 19.4 Å². The van der Waals surface area contributed by atoms with Gasteiger partial charge in [-0.15, -0.1) is 0 Å². The number of alkyl carbamates (subject to hydrolysis) is 1. The van der Waals surface area contributed by atoms with Gasteiger partial charge < -0.3 is 59.7 Å². The molecule has 0 spiro atoms. The van der Waals surface area contributed by atoms with Crippen molar-refractivity contribution < 1.29 is 66.8 Å². The molecular weight excluding hydrogens is 1330 g/mol. The number of amides is 6. The van der Waals surface area contributed by atoms with E-state index in [0.717, 1.165) is 32.7 Å². The summed E-state index contributed by atoms with van der Waals surface area (Å²) in [6.45, 7) is 18.0. The summed E-state index contributed by atoms with van der Waals surface area (Å²) in [6.07, 6.45) is 0.559. The largest absolute Gasteiger partial charge is 0.514 e. The average molecular weight is 1420 g/mol. The van der Waals surface area contributed by atoms with Gasteiger partial charge in [0.05, 0.1) is 12.4 Å². The zero-order valence-electron chi connectivity index (χ0n) is 59.8. The molecule has 5 atom stereocenters. The van der Waals surface area contributed by atoms with Crippen LogP contribution in [-0.4, -0.2) is 123 Å². The lowest BCUT2D eigenvalue weighted by atomic mass is 9.77. The molecule has 1 aromatic heterocycles. The number of benzene rings is 7. The minimum absolute atomic E-state index is 0.00332. The first-order valence-electron chi connectivity index (χ1n) is 33.9. The van der Waals surface area contributed by atoms with Crippen molar-refractivity contribution in [1.82, 2.24) is 41.0 Å². The van der Waals surface area contributed by atoms with E-state index in [1.165, 1.54) is 57.3 Å². The summed E-state index contributed by atoms with van der Waals surface area (Å²) < 4.78 is 30.4. The Hall–Kier alpha value is -11.1. The molecule has 6 amide bonds. The van der Waals surface area contributed by atoms with Gasteiger partial charge in [-0.3, -0.25) is 28.8 Å². The van der Waals surface area contributed by atoms with Gasteiger partial charge in [0.1, 0.15) is 63.7 Å². The van der Waals surface area contributed by atoms with Crippen molar-refractivity contribution in [3.8, 4) is 33.8 Å². The highest BCUT2D eigenvalue weighted by atomic mass is 35.5. The van der Waals surface area contributed by atoms with Crippen LogP contribution >= 0.6 is 11.6 Å². The van der Waals surface area contributed by atoms with Crippen LogP contribution < -0.4 is 36.1 Å². The fourth-order valence-corrected chi connectivity index (χ4v) is 12.0. The topological polar surface area (TPSA) is 281 Å². The van der Waals surface area contributed by atoms with E-state index in [4.69, 9.17) is 35.3 Å². The number of carbonyl (C=O) groups is 9. The van der Waals surface area contributed by atoms with Crippen LogP contribution in [0.3, 0.4) is 0 Å². The van der Waals surface area contributed by atoms with E-state index in [2.05, 4.69) is 31.6 Å². The number of imidazole rings is 1. The first-order valence-corrected chi connectivity index (χ1v) is 34.3. The quantitative estimate of drug-likeness (QED) is 0.0118. The molecule has 1 aliphatic heterocycles. The predicted molar refractivity (Wildman–Crippen MR) is 389 cm³/mol. The van der Waals surface area contributed by atoms with Gasteiger partial charge in [0.15, 0.2) is 0 Å². The van der Waals surface area contributed by atoms with Gasteiger partial charge in [-0.1, -0.05) is 139 Å². The second kappa shape index (κ2) is 32.7. The lowest BCUT2D eigenvalue weighted by Crippen LogP contribution is -2.56. The molecule has 0 unspecified atom stereocenters. The summed E-state index contributed by atoms with van der Waals surface area (Å²) in [7, 11) is 1.34. The number of nitrogens with zero attached hydrogens (tertiary/aromatic N) is 3. The fourth-order valence-electron chi connectivity index (χ4n) is 11.9. The number of nitrogens with one attached hydrogen (secondary N) is 5. The molecule has 103 heavy (non-hydrogen) atoms. The Morgan fingerprint density at radius 1 is 0.621 bits per heavy atom. The number of ether oxygens (including phenoxy) is 5. The molecule has 8 aromatic rings. The third kappa shape index (κ3) is 19.7. The van der Waals surface area contributed by atoms with Crippen molar-refractivity contribution in [2.24, 2.45) is 0 Å². The number of Topliss-reactive ketones (excluding diaryl/α,β-unsaturated/α-hetero) is 1. The van der Waals surface area contributed by atoms with Crippen LogP contribution in [0.25, 0.3) is 22.3 Å². The highest BCUT2D eigenvalue weighted by Crippen LogP contribution is 2.43. The number of hydrogen-bond acceptors (Lipinski definition) is 15. The van der Waals surface area contributed by atoms with Gasteiger partial charge in [0.25, 0.3) is 5.91 Å². The SMILES string of the molecule is C[C@@H]1NC(=O)[C@@H](N(C)C(=O)[C@H](CCCCNC(=O)OC(C)(C)C)NC(=O)c2ccc(-c3ccc(Cl)cc3)cc2)c2ccc(OC(=O)OC(C)(C)C)c(c2)-c2cc(ccc2OC(=O)OC(C)(C)C)C[C@@H](C(=O)N[C@@H](C)C(=O)c2cn(C(c3ccccc3)(c3ccccc3)c3ccccc3)cn2)NC1=O. The van der Waals surface area contributed by atoms with Crippen molar-refractivity contribution >= 4 is 65.3 Å². The highest BCUT2D eigenvalue weighted by Gasteiger charge is 2.41. The van der Waals surface area contributed by atoms with E-state index >= 15 is 14.4 Å². The van der Waals surface area contributed by atoms with Crippen molar-refractivity contribution in [3.05, 3.63) is 233 Å². The van der Waals surface area contributed by atoms with E-state index in [0.29, 0.717) is 17.0 Å². The van der Waals surface area contributed by atoms with Gasteiger partial charge in [-0.2, -0.15) is 0 Å². The van der Waals surface area contributed by atoms with E-state index in [-0.39, 0.29) is 65.3 Å². The Balaban J connectivity index is 1.09. The molecule has 4 bridgehead atoms. The van der Waals surface area contributed by atoms with Gasteiger partial charge in [-0.05, 0) is 183 Å². The van der Waals surface area contributed by atoms with Crippen LogP contribution in [0.15, 0.2) is 188 Å². The van der Waals surface area contributed by atoms with E-state index in [1.54, 1.807) is 111 Å². The number of hydrogen-bond donors (Lipinski definition) is 5. The maximum absolute atomic E-state index is 15.5. The third-order valence-electron chi connectivity index (χ3n) is 16.7. The van der Waals surface area contributed by atoms with Crippen molar-refractivity contribution in [3.63, 3.8) is 0 Å². The summed E-state index contributed by atoms with van der Waals surface area (Å²) in [5.74, 6) is -4.94. The normalized spacial score (nSPS) is 15.4. The van der Waals surface area contributed by atoms with Crippen molar-refractivity contribution in [2.75, 3.05) is 13.6 Å². The molecular formula is C80H87ClN8O14. The summed E-state index contributed by atoms with van der Waals surface area (Å²) in [5, 5.41) is 14.5. The Labute approximate surface area is 604 Å². The van der Waals surface area contributed by atoms with Crippen LogP contribution in [0.2, 0.25) is 5.02 Å². The number of fused-ring (bicyclic) bond motifs is 5. The molecule has 2 heterocycles. The number of carbonyl (C=O) groups excluding carboxylic acids is 9. The molecule has 538 valence electrons. The second-order valence-electron chi connectivity index (χ2n) is 28.2. The average Bonchev–Trinajstić information content (AvgIpc) is 1.73. The summed E-state index contributed by atoms with van der Waals surface area (Å²) in [4.78, 5) is 136. The van der Waals surface area contributed by atoms with Crippen LogP contribution in [-0.2, 0) is 45.3 Å². The first-order chi connectivity index (χ1) is 48.8. The van der Waals surface area contributed by atoms with E-state index < -0.39 is 106 Å². The Kier molecular flexibility index (Phi) is 24.1. The van der Waals surface area contributed by atoms with Gasteiger partial charge in [0.2, 0.25) is 29.4 Å². The predicted octanol–water partition coefficient (Wildman–Crippen LogP) is 13.3. The molecule has 5 N–H and O–H groups in total. The van der Waals surface area contributed by atoms with Crippen LogP contribution in [0, 0.1) is 0 Å². The summed E-state index contributed by atoms with van der Waals surface area (Å²) in [6, 6.07) is 44.7. The second-order valence-corrected chi connectivity index (χ2v) is 28.6. The molecule has 7 aromatic carbocycles. The monoisotopic (exact) mass is 1420 g/mol. The Morgan fingerprint density at radius 2 is 1.14 bits per heavy atom. The molecule has 23 heteroatoms. The minimum Gasteiger partial charge on any atom is -0.444 e. The number of rotatable bonds is 20. The molecule has 0 fully saturated rings. The van der Waals surface area contributed by atoms with Crippen LogP contribution in [0.1, 0.15) is 150 Å². The first kappa shape index (κ1) is 76.1. The molecule has 0 radical (unpaired) electrons. The number of ketones is 1. The number of aromatic nitrogens is 2. The summed E-state index contributed by atoms with van der Waals surface area (Å²) in [5.41, 5.74) is 0.995. The smallest absolute Gasteiger partial charge is 0.444 e.